The number of ether oxygens (including phenoxy) is 2. The van der Waals surface area contributed by atoms with Crippen molar-refractivity contribution in [2.75, 3.05) is 7.11 Å². The molecule has 6 nitrogen and oxygen atoms in total. The first kappa shape index (κ1) is 20.6. The smallest absolute Gasteiger partial charge is 0.310 e. The van der Waals surface area contributed by atoms with E-state index in [1.54, 1.807) is 54.6 Å². The Hall–Kier alpha value is -3.16. The van der Waals surface area contributed by atoms with E-state index in [2.05, 4.69) is 0 Å². The van der Waals surface area contributed by atoms with E-state index in [1.165, 1.54) is 30.6 Å². The molecular formula is C21H16ClNO5S. The molecule has 2 aromatic carbocycles. The molecule has 3 rings (SSSR count). The van der Waals surface area contributed by atoms with Crippen LogP contribution in [0.2, 0.25) is 4.34 Å². The third-order valence-corrected chi connectivity index (χ3v) is 5.24. The fraction of sp³-hybridized carbons (Fsp3) is 0.0952. The summed E-state index contributed by atoms with van der Waals surface area (Å²) in [6.07, 6.45) is 3.15. The minimum atomic E-state index is -0.492. The number of thiophene rings is 1. The molecule has 3 aromatic rings. The average molecular weight is 430 g/mol. The fourth-order valence-corrected chi connectivity index (χ4v) is 3.56. The van der Waals surface area contributed by atoms with E-state index < -0.39 is 4.92 Å². The van der Waals surface area contributed by atoms with Gasteiger partial charge in [0.25, 0.3) is 0 Å². The number of nitro benzene ring substituents is 1. The standard InChI is InChI=1S/C21H16ClNO5S/c1-27-18-9-7-14(6-8-17(24)20-10-11-21(22)29-20)12-15(18)13-28-19-5-3-2-4-16(19)23(25)26/h2-12H,13H2,1H3/b8-6+. The zero-order valence-electron chi connectivity index (χ0n) is 15.3. The number of hydrogen-bond donors (Lipinski definition) is 0. The van der Waals surface area contributed by atoms with Crippen LogP contribution in [0.1, 0.15) is 20.8 Å². The fourth-order valence-electron chi connectivity index (χ4n) is 2.60. The molecule has 8 heteroatoms. The zero-order chi connectivity index (χ0) is 20.8. The van der Waals surface area contributed by atoms with Gasteiger partial charge in [0.1, 0.15) is 12.4 Å². The largest absolute Gasteiger partial charge is 0.496 e. The summed E-state index contributed by atoms with van der Waals surface area (Å²) in [6, 6.07) is 14.9. The average Bonchev–Trinajstić information content (AvgIpc) is 3.17. The number of carbonyl (C=O) groups excluding carboxylic acids is 1. The van der Waals surface area contributed by atoms with Gasteiger partial charge in [-0.25, -0.2) is 0 Å². The molecule has 0 bridgehead atoms. The first-order valence-electron chi connectivity index (χ1n) is 8.49. The van der Waals surface area contributed by atoms with Crippen molar-refractivity contribution in [2.45, 2.75) is 6.61 Å². The Morgan fingerprint density at radius 1 is 1.17 bits per heavy atom. The van der Waals surface area contributed by atoms with Gasteiger partial charge in [-0.05, 0) is 42.0 Å². The highest BCUT2D eigenvalue weighted by atomic mass is 35.5. The van der Waals surface area contributed by atoms with E-state index in [1.807, 2.05) is 0 Å². The topological polar surface area (TPSA) is 78.7 Å². The van der Waals surface area contributed by atoms with Crippen LogP contribution in [0.3, 0.4) is 0 Å². The SMILES string of the molecule is COc1ccc(/C=C/C(=O)c2ccc(Cl)s2)cc1COc1ccccc1[N+](=O)[O-]. The van der Waals surface area contributed by atoms with Crippen LogP contribution in [0.4, 0.5) is 5.69 Å². The van der Waals surface area contributed by atoms with Gasteiger partial charge >= 0.3 is 5.69 Å². The number of rotatable bonds is 8. The van der Waals surface area contributed by atoms with Crippen molar-refractivity contribution in [1.82, 2.24) is 0 Å². The molecule has 0 radical (unpaired) electrons. The van der Waals surface area contributed by atoms with Gasteiger partial charge in [0, 0.05) is 11.6 Å². The first-order chi connectivity index (χ1) is 14.0. The minimum absolute atomic E-state index is 0.0736. The maximum atomic E-state index is 12.2. The molecule has 0 fully saturated rings. The van der Waals surface area contributed by atoms with Crippen LogP contribution < -0.4 is 9.47 Å². The van der Waals surface area contributed by atoms with E-state index in [9.17, 15) is 14.9 Å². The summed E-state index contributed by atoms with van der Waals surface area (Å²) in [5.74, 6) is 0.609. The number of nitrogens with zero attached hydrogens (tertiary/aromatic N) is 1. The minimum Gasteiger partial charge on any atom is -0.496 e. The predicted octanol–water partition coefficient (Wildman–Crippen LogP) is 5.79. The summed E-state index contributed by atoms with van der Waals surface area (Å²) in [4.78, 5) is 23.4. The summed E-state index contributed by atoms with van der Waals surface area (Å²) < 4.78 is 11.6. The van der Waals surface area contributed by atoms with Crippen LogP contribution in [0.25, 0.3) is 6.08 Å². The lowest BCUT2D eigenvalue weighted by Crippen LogP contribution is -2.01. The van der Waals surface area contributed by atoms with Crippen LogP contribution in [0, 0.1) is 10.1 Å². The molecule has 148 valence electrons. The molecule has 0 aliphatic carbocycles. The van der Waals surface area contributed by atoms with Gasteiger partial charge in [0.2, 0.25) is 0 Å². The molecule has 29 heavy (non-hydrogen) atoms. The molecule has 0 N–H and O–H groups in total. The molecule has 0 atom stereocenters. The summed E-state index contributed by atoms with van der Waals surface area (Å²) in [5, 5.41) is 11.1. The Balaban J connectivity index is 1.78. The number of para-hydroxylation sites is 2. The number of allylic oxidation sites excluding steroid dienone is 1. The molecule has 0 spiro atoms. The third-order valence-electron chi connectivity index (χ3n) is 3.99. The second-order valence-electron chi connectivity index (χ2n) is 5.89. The zero-order valence-corrected chi connectivity index (χ0v) is 16.9. The van der Waals surface area contributed by atoms with Crippen molar-refractivity contribution in [1.29, 1.82) is 0 Å². The molecule has 0 saturated heterocycles. The monoisotopic (exact) mass is 429 g/mol. The van der Waals surface area contributed by atoms with E-state index in [-0.39, 0.29) is 23.8 Å². The summed E-state index contributed by atoms with van der Waals surface area (Å²) in [6.45, 7) is 0.0736. The first-order valence-corrected chi connectivity index (χ1v) is 9.68. The van der Waals surface area contributed by atoms with E-state index >= 15 is 0 Å². The van der Waals surface area contributed by atoms with E-state index in [0.717, 1.165) is 5.56 Å². The number of nitro groups is 1. The Bertz CT molecular complexity index is 1080. The van der Waals surface area contributed by atoms with Gasteiger partial charge in [-0.1, -0.05) is 35.9 Å². The van der Waals surface area contributed by atoms with Crippen LogP contribution >= 0.6 is 22.9 Å². The molecule has 1 heterocycles. The molecular weight excluding hydrogens is 414 g/mol. The lowest BCUT2D eigenvalue weighted by molar-refractivity contribution is -0.385. The molecule has 0 amide bonds. The highest BCUT2D eigenvalue weighted by molar-refractivity contribution is 7.18. The van der Waals surface area contributed by atoms with Crippen molar-refractivity contribution in [2.24, 2.45) is 0 Å². The van der Waals surface area contributed by atoms with Gasteiger partial charge in [0.05, 0.1) is 21.2 Å². The summed E-state index contributed by atoms with van der Waals surface area (Å²) in [5.41, 5.74) is 1.35. The maximum absolute atomic E-state index is 12.2. The Labute approximate surface area is 176 Å². The van der Waals surface area contributed by atoms with E-state index in [4.69, 9.17) is 21.1 Å². The van der Waals surface area contributed by atoms with Crippen LogP contribution in [-0.4, -0.2) is 17.8 Å². The summed E-state index contributed by atoms with van der Waals surface area (Å²) in [7, 11) is 1.53. The number of carbonyl (C=O) groups is 1. The number of ketones is 1. The second-order valence-corrected chi connectivity index (χ2v) is 7.60. The molecule has 0 saturated carbocycles. The van der Waals surface area contributed by atoms with Gasteiger partial charge < -0.3 is 9.47 Å². The van der Waals surface area contributed by atoms with E-state index in [0.29, 0.717) is 20.5 Å². The van der Waals surface area contributed by atoms with Crippen LogP contribution in [0.5, 0.6) is 11.5 Å². The predicted molar refractivity (Wildman–Crippen MR) is 113 cm³/mol. The Morgan fingerprint density at radius 3 is 2.66 bits per heavy atom. The van der Waals surface area contributed by atoms with Gasteiger partial charge in [-0.3, -0.25) is 14.9 Å². The summed E-state index contributed by atoms with van der Waals surface area (Å²) >= 11 is 7.08. The van der Waals surface area contributed by atoms with Crippen molar-refractivity contribution in [3.05, 3.63) is 91.1 Å². The van der Waals surface area contributed by atoms with Crippen LogP contribution in [-0.2, 0) is 6.61 Å². The highest BCUT2D eigenvalue weighted by Gasteiger charge is 2.15. The maximum Gasteiger partial charge on any atom is 0.310 e. The van der Waals surface area contributed by atoms with Crippen molar-refractivity contribution in [3.8, 4) is 11.5 Å². The number of halogens is 1. The molecule has 1 aromatic heterocycles. The molecule has 0 aliphatic rings. The second kappa shape index (κ2) is 9.36. The van der Waals surface area contributed by atoms with Gasteiger partial charge in [0.15, 0.2) is 11.5 Å². The van der Waals surface area contributed by atoms with Gasteiger partial charge in [-0.15, -0.1) is 11.3 Å². The van der Waals surface area contributed by atoms with Crippen molar-refractivity contribution >= 4 is 40.5 Å². The lowest BCUT2D eigenvalue weighted by Gasteiger charge is -2.11. The molecule has 0 unspecified atom stereocenters. The number of benzene rings is 2. The normalized spacial score (nSPS) is 10.8. The number of methoxy groups -OCH3 is 1. The lowest BCUT2D eigenvalue weighted by atomic mass is 10.1. The highest BCUT2D eigenvalue weighted by Crippen LogP contribution is 2.29. The quantitative estimate of drug-likeness (QED) is 0.196. The molecule has 0 aliphatic heterocycles. The van der Waals surface area contributed by atoms with Crippen molar-refractivity contribution in [3.63, 3.8) is 0 Å². The van der Waals surface area contributed by atoms with Crippen molar-refractivity contribution < 1.29 is 19.2 Å². The number of hydrogen-bond acceptors (Lipinski definition) is 6. The Kier molecular flexibility index (Phi) is 6.64. The van der Waals surface area contributed by atoms with Gasteiger partial charge in [-0.2, -0.15) is 0 Å². The Morgan fingerprint density at radius 2 is 1.97 bits per heavy atom. The van der Waals surface area contributed by atoms with Crippen LogP contribution in [0.15, 0.2) is 60.7 Å². The third kappa shape index (κ3) is 5.22.